The molecule has 128 valence electrons. The average molecular weight is 375 g/mol. The number of anilines is 2. The molecule has 0 bridgehead atoms. The Kier molecular flexibility index (Phi) is 5.31. The van der Waals surface area contributed by atoms with E-state index in [9.17, 15) is 4.39 Å². The van der Waals surface area contributed by atoms with Gasteiger partial charge in [-0.3, -0.25) is 4.68 Å². The van der Waals surface area contributed by atoms with Gasteiger partial charge in [0.15, 0.2) is 10.9 Å². The lowest BCUT2D eigenvalue weighted by molar-refractivity contribution is 0.624. The van der Waals surface area contributed by atoms with E-state index < -0.39 is 0 Å². The van der Waals surface area contributed by atoms with E-state index in [0.29, 0.717) is 22.5 Å². The highest BCUT2D eigenvalue weighted by Crippen LogP contribution is 2.20. The molecule has 4 nitrogen and oxygen atoms in total. The van der Waals surface area contributed by atoms with Gasteiger partial charge in [0.25, 0.3) is 0 Å². The number of aryl methyl sites for hydroxylation is 1. The zero-order valence-corrected chi connectivity index (χ0v) is 15.0. The minimum absolute atomic E-state index is 0.267. The summed E-state index contributed by atoms with van der Waals surface area (Å²) in [6.45, 7) is 2.51. The second-order valence-electron chi connectivity index (χ2n) is 5.59. The summed E-state index contributed by atoms with van der Waals surface area (Å²) in [6, 6.07) is 14.1. The van der Waals surface area contributed by atoms with Crippen molar-refractivity contribution in [2.45, 2.75) is 13.5 Å². The second-order valence-corrected chi connectivity index (χ2v) is 6.41. The van der Waals surface area contributed by atoms with Crippen LogP contribution in [0.3, 0.4) is 0 Å². The Balaban J connectivity index is 1.64. The molecule has 0 aliphatic heterocycles. The van der Waals surface area contributed by atoms with Gasteiger partial charge in [-0.1, -0.05) is 41.4 Å². The number of aromatic nitrogens is 2. The van der Waals surface area contributed by atoms with Crippen molar-refractivity contribution in [1.29, 1.82) is 0 Å². The molecule has 0 saturated heterocycles. The average Bonchev–Trinajstić information content (AvgIpc) is 2.91. The topological polar surface area (TPSA) is 41.9 Å². The second kappa shape index (κ2) is 7.63. The van der Waals surface area contributed by atoms with E-state index in [1.807, 2.05) is 31.2 Å². The van der Waals surface area contributed by atoms with Gasteiger partial charge in [-0.25, -0.2) is 4.39 Å². The Morgan fingerprint density at radius 2 is 1.80 bits per heavy atom. The lowest BCUT2D eigenvalue weighted by Crippen LogP contribution is -2.19. The van der Waals surface area contributed by atoms with Crippen molar-refractivity contribution < 1.29 is 4.39 Å². The highest BCUT2D eigenvalue weighted by Gasteiger charge is 2.09. The van der Waals surface area contributed by atoms with E-state index in [1.54, 1.807) is 23.0 Å². The molecule has 7 heteroatoms. The quantitative estimate of drug-likeness (QED) is 0.641. The van der Waals surface area contributed by atoms with Crippen LogP contribution in [0.15, 0.2) is 54.7 Å². The summed E-state index contributed by atoms with van der Waals surface area (Å²) in [5.41, 5.74) is 2.98. The first kappa shape index (κ1) is 17.4. The van der Waals surface area contributed by atoms with Gasteiger partial charge >= 0.3 is 0 Å². The van der Waals surface area contributed by atoms with Gasteiger partial charge in [0.1, 0.15) is 10.8 Å². The van der Waals surface area contributed by atoms with Gasteiger partial charge in [0.05, 0.1) is 6.54 Å². The standard InChI is InChI=1S/C18H16ClFN4S/c1-12-2-8-15(9-3-12)21-18(25)22-17-16(19)11-24(23-17)10-13-4-6-14(20)7-5-13/h2-9,11H,10H2,1H3,(H2,21,22,23,25). The molecule has 0 aliphatic rings. The molecular formula is C18H16ClFN4S. The molecule has 0 saturated carbocycles. The molecule has 0 fully saturated rings. The largest absolute Gasteiger partial charge is 0.332 e. The molecule has 0 aliphatic carbocycles. The summed E-state index contributed by atoms with van der Waals surface area (Å²) in [6.07, 6.45) is 1.70. The van der Waals surface area contributed by atoms with Crippen LogP contribution in [-0.4, -0.2) is 14.9 Å². The summed E-state index contributed by atoms with van der Waals surface area (Å²) in [7, 11) is 0. The number of thiocarbonyl (C=S) groups is 1. The predicted molar refractivity (Wildman–Crippen MR) is 104 cm³/mol. The maximum Gasteiger partial charge on any atom is 0.176 e. The van der Waals surface area contributed by atoms with E-state index in [2.05, 4.69) is 15.7 Å². The maximum atomic E-state index is 13.0. The number of hydrogen-bond donors (Lipinski definition) is 2. The van der Waals surface area contributed by atoms with Gasteiger partial charge in [-0.05, 0) is 49.0 Å². The predicted octanol–water partition coefficient (Wildman–Crippen LogP) is 4.84. The zero-order chi connectivity index (χ0) is 17.8. The van der Waals surface area contributed by atoms with Crippen molar-refractivity contribution in [2.75, 3.05) is 10.6 Å². The first-order chi connectivity index (χ1) is 12.0. The van der Waals surface area contributed by atoms with Gasteiger partial charge in [-0.15, -0.1) is 0 Å². The molecule has 1 heterocycles. The van der Waals surface area contributed by atoms with E-state index in [1.165, 1.54) is 17.7 Å². The summed E-state index contributed by atoms with van der Waals surface area (Å²) in [4.78, 5) is 0. The van der Waals surface area contributed by atoms with Crippen LogP contribution in [0.2, 0.25) is 5.02 Å². The number of halogens is 2. The van der Waals surface area contributed by atoms with Crippen LogP contribution in [0, 0.1) is 12.7 Å². The molecule has 0 amide bonds. The first-order valence-electron chi connectivity index (χ1n) is 7.62. The summed E-state index contributed by atoms with van der Waals surface area (Å²) < 4.78 is 14.6. The molecule has 0 atom stereocenters. The number of rotatable bonds is 4. The van der Waals surface area contributed by atoms with Crippen molar-refractivity contribution >= 4 is 40.4 Å². The van der Waals surface area contributed by atoms with E-state index >= 15 is 0 Å². The number of hydrogen-bond acceptors (Lipinski definition) is 2. The van der Waals surface area contributed by atoms with Gasteiger partial charge < -0.3 is 10.6 Å². The minimum atomic E-state index is -0.267. The molecular weight excluding hydrogens is 359 g/mol. The fourth-order valence-corrected chi connectivity index (χ4v) is 2.66. The van der Waals surface area contributed by atoms with Crippen LogP contribution in [0.1, 0.15) is 11.1 Å². The van der Waals surface area contributed by atoms with Crippen LogP contribution in [0.5, 0.6) is 0 Å². The highest BCUT2D eigenvalue weighted by atomic mass is 35.5. The monoisotopic (exact) mass is 374 g/mol. The normalized spacial score (nSPS) is 10.5. The van der Waals surface area contributed by atoms with E-state index in [4.69, 9.17) is 23.8 Å². The smallest absolute Gasteiger partial charge is 0.176 e. The zero-order valence-electron chi connectivity index (χ0n) is 13.5. The summed E-state index contributed by atoms with van der Waals surface area (Å²) >= 11 is 11.5. The fraction of sp³-hybridized carbons (Fsp3) is 0.111. The molecule has 3 aromatic rings. The Labute approximate surface area is 155 Å². The van der Waals surface area contributed by atoms with Gasteiger partial charge in [0, 0.05) is 11.9 Å². The van der Waals surface area contributed by atoms with Crippen LogP contribution >= 0.6 is 23.8 Å². The van der Waals surface area contributed by atoms with Crippen LogP contribution in [-0.2, 0) is 6.54 Å². The summed E-state index contributed by atoms with van der Waals surface area (Å²) in [5.74, 6) is 0.200. The molecule has 25 heavy (non-hydrogen) atoms. The molecule has 0 spiro atoms. The third kappa shape index (κ3) is 4.78. The van der Waals surface area contributed by atoms with Crippen molar-refractivity contribution in [1.82, 2.24) is 9.78 Å². The Morgan fingerprint density at radius 1 is 1.12 bits per heavy atom. The summed E-state index contributed by atoms with van der Waals surface area (Å²) in [5, 5.41) is 11.3. The number of nitrogens with one attached hydrogen (secondary N) is 2. The van der Waals surface area contributed by atoms with Crippen molar-refractivity contribution in [3.8, 4) is 0 Å². The van der Waals surface area contributed by atoms with Gasteiger partial charge in [0.2, 0.25) is 0 Å². The highest BCUT2D eigenvalue weighted by molar-refractivity contribution is 7.80. The molecule has 0 radical (unpaired) electrons. The molecule has 3 rings (SSSR count). The first-order valence-corrected chi connectivity index (χ1v) is 8.40. The Morgan fingerprint density at radius 3 is 2.48 bits per heavy atom. The Bertz CT molecular complexity index is 875. The third-order valence-corrected chi connectivity index (χ3v) is 4.00. The lowest BCUT2D eigenvalue weighted by Gasteiger charge is -2.09. The van der Waals surface area contributed by atoms with Crippen molar-refractivity contribution in [3.05, 3.63) is 76.7 Å². The molecule has 2 aromatic carbocycles. The third-order valence-electron chi connectivity index (χ3n) is 3.52. The van der Waals surface area contributed by atoms with Crippen molar-refractivity contribution in [2.24, 2.45) is 0 Å². The minimum Gasteiger partial charge on any atom is -0.332 e. The SMILES string of the molecule is Cc1ccc(NC(=S)Nc2nn(Cc3ccc(F)cc3)cc2Cl)cc1. The molecule has 2 N–H and O–H groups in total. The number of nitrogens with zero attached hydrogens (tertiary/aromatic N) is 2. The fourth-order valence-electron chi connectivity index (χ4n) is 2.25. The molecule has 1 aromatic heterocycles. The Hall–Kier alpha value is -2.44. The van der Waals surface area contributed by atoms with E-state index in [-0.39, 0.29) is 5.82 Å². The maximum absolute atomic E-state index is 13.0. The lowest BCUT2D eigenvalue weighted by atomic mass is 10.2. The van der Waals surface area contributed by atoms with Crippen LogP contribution < -0.4 is 10.6 Å². The van der Waals surface area contributed by atoms with Crippen LogP contribution in [0.25, 0.3) is 0 Å². The van der Waals surface area contributed by atoms with Gasteiger partial charge in [-0.2, -0.15) is 5.10 Å². The van der Waals surface area contributed by atoms with Crippen LogP contribution in [0.4, 0.5) is 15.9 Å². The van der Waals surface area contributed by atoms with Crippen molar-refractivity contribution in [3.63, 3.8) is 0 Å². The number of benzene rings is 2. The van der Waals surface area contributed by atoms with E-state index in [0.717, 1.165) is 11.3 Å². The molecule has 0 unspecified atom stereocenters.